The van der Waals surface area contributed by atoms with Crippen LogP contribution in [-0.4, -0.2) is 48.6 Å². The zero-order chi connectivity index (χ0) is 18.0. The molecule has 1 atom stereocenters. The van der Waals surface area contributed by atoms with E-state index in [1.807, 2.05) is 48.0 Å². The van der Waals surface area contributed by atoms with Crippen LogP contribution in [0, 0.1) is 0 Å². The van der Waals surface area contributed by atoms with Gasteiger partial charge in [0.05, 0.1) is 12.1 Å². The van der Waals surface area contributed by atoms with Crippen LogP contribution in [0.3, 0.4) is 0 Å². The van der Waals surface area contributed by atoms with E-state index in [1.54, 1.807) is 6.33 Å². The number of hydrogen-bond donors (Lipinski definition) is 1. The van der Waals surface area contributed by atoms with Gasteiger partial charge in [0.25, 0.3) is 0 Å². The molecule has 1 unspecified atom stereocenters. The maximum atomic E-state index is 11.0. The van der Waals surface area contributed by atoms with E-state index in [0.717, 1.165) is 42.2 Å². The molecule has 1 N–H and O–H groups in total. The van der Waals surface area contributed by atoms with Crippen molar-refractivity contribution in [1.29, 1.82) is 0 Å². The van der Waals surface area contributed by atoms with Crippen LogP contribution < -0.4 is 0 Å². The molecule has 1 aliphatic heterocycles. The van der Waals surface area contributed by atoms with Gasteiger partial charge >= 0.3 is 0 Å². The molecule has 1 aromatic carbocycles. The van der Waals surface area contributed by atoms with E-state index in [2.05, 4.69) is 20.3 Å². The average Bonchev–Trinajstić information content (AvgIpc) is 3.25. The van der Waals surface area contributed by atoms with Gasteiger partial charge in [-0.15, -0.1) is 10.2 Å². The second kappa shape index (κ2) is 7.01. The molecular formula is C19H23N5O2. The predicted molar refractivity (Wildman–Crippen MR) is 96.1 cm³/mol. The number of nitrogens with zero attached hydrogens (tertiary/aromatic N) is 5. The number of piperidine rings is 1. The number of aliphatic hydroxyl groups is 1. The first-order valence-corrected chi connectivity index (χ1v) is 8.90. The lowest BCUT2D eigenvalue weighted by Gasteiger charge is -2.38. The molecular weight excluding hydrogens is 330 g/mol. The molecule has 1 fully saturated rings. The van der Waals surface area contributed by atoms with Crippen LogP contribution in [0.1, 0.15) is 24.4 Å². The maximum absolute atomic E-state index is 11.0. The van der Waals surface area contributed by atoms with Crippen molar-refractivity contribution in [3.63, 3.8) is 0 Å². The van der Waals surface area contributed by atoms with Crippen LogP contribution in [-0.2, 0) is 20.0 Å². The van der Waals surface area contributed by atoms with E-state index in [0.29, 0.717) is 19.5 Å². The van der Waals surface area contributed by atoms with Crippen molar-refractivity contribution in [3.8, 4) is 11.3 Å². The van der Waals surface area contributed by atoms with Gasteiger partial charge in [-0.3, -0.25) is 4.90 Å². The number of hydrogen-bond acceptors (Lipinski definition) is 6. The molecule has 136 valence electrons. The Labute approximate surface area is 152 Å². The van der Waals surface area contributed by atoms with Gasteiger partial charge in [0, 0.05) is 31.6 Å². The molecule has 26 heavy (non-hydrogen) atoms. The van der Waals surface area contributed by atoms with Gasteiger partial charge in [-0.1, -0.05) is 35.5 Å². The summed E-state index contributed by atoms with van der Waals surface area (Å²) >= 11 is 0. The molecule has 1 aliphatic rings. The van der Waals surface area contributed by atoms with Gasteiger partial charge in [0.2, 0.25) is 0 Å². The molecule has 0 bridgehead atoms. The number of benzene rings is 1. The molecule has 3 heterocycles. The van der Waals surface area contributed by atoms with Crippen LogP contribution in [0.15, 0.2) is 47.2 Å². The zero-order valence-corrected chi connectivity index (χ0v) is 14.9. The highest BCUT2D eigenvalue weighted by atomic mass is 16.5. The molecule has 0 aliphatic carbocycles. The molecule has 0 saturated carbocycles. The minimum atomic E-state index is -0.790. The van der Waals surface area contributed by atoms with E-state index >= 15 is 0 Å². The summed E-state index contributed by atoms with van der Waals surface area (Å²) in [7, 11) is 1.90. The van der Waals surface area contributed by atoms with Gasteiger partial charge < -0.3 is 14.2 Å². The topological polar surface area (TPSA) is 80.2 Å². The quantitative estimate of drug-likeness (QED) is 0.756. The lowest BCUT2D eigenvalue weighted by Crippen LogP contribution is -2.49. The molecule has 7 nitrogen and oxygen atoms in total. The summed E-state index contributed by atoms with van der Waals surface area (Å²) in [6.07, 6.45) is 3.88. The van der Waals surface area contributed by atoms with Crippen molar-refractivity contribution in [3.05, 3.63) is 54.3 Å². The van der Waals surface area contributed by atoms with Gasteiger partial charge in [-0.25, -0.2) is 0 Å². The Morgan fingerprint density at radius 3 is 2.88 bits per heavy atom. The molecule has 4 rings (SSSR count). The highest BCUT2D eigenvalue weighted by Crippen LogP contribution is 2.26. The third-order valence-corrected chi connectivity index (χ3v) is 4.93. The van der Waals surface area contributed by atoms with Gasteiger partial charge in [0.15, 0.2) is 5.76 Å². The minimum absolute atomic E-state index is 0.506. The van der Waals surface area contributed by atoms with Crippen molar-refractivity contribution in [2.24, 2.45) is 7.05 Å². The highest BCUT2D eigenvalue weighted by molar-refractivity contribution is 5.58. The predicted octanol–water partition coefficient (Wildman–Crippen LogP) is 2.04. The molecule has 0 radical (unpaired) electrons. The zero-order valence-electron chi connectivity index (χ0n) is 14.9. The second-order valence-electron chi connectivity index (χ2n) is 7.12. The Morgan fingerprint density at radius 1 is 1.27 bits per heavy atom. The van der Waals surface area contributed by atoms with Crippen LogP contribution in [0.25, 0.3) is 11.3 Å². The Hall–Kier alpha value is -2.51. The van der Waals surface area contributed by atoms with E-state index in [-0.39, 0.29) is 0 Å². The summed E-state index contributed by atoms with van der Waals surface area (Å²) in [4.78, 5) is 2.22. The Balaban J connectivity index is 1.42. The number of aryl methyl sites for hydroxylation is 1. The molecule has 2 aromatic heterocycles. The van der Waals surface area contributed by atoms with E-state index in [1.165, 1.54) is 0 Å². The lowest BCUT2D eigenvalue weighted by molar-refractivity contribution is -0.0363. The van der Waals surface area contributed by atoms with Crippen LogP contribution in [0.2, 0.25) is 0 Å². The number of likely N-dealkylation sites (tertiary alicyclic amines) is 1. The Kier molecular flexibility index (Phi) is 4.57. The van der Waals surface area contributed by atoms with Crippen molar-refractivity contribution in [1.82, 2.24) is 24.8 Å². The van der Waals surface area contributed by atoms with Crippen LogP contribution in [0.4, 0.5) is 0 Å². The van der Waals surface area contributed by atoms with E-state index in [4.69, 9.17) is 4.52 Å². The average molecular weight is 353 g/mol. The monoisotopic (exact) mass is 353 g/mol. The summed E-state index contributed by atoms with van der Waals surface area (Å²) in [5, 5.41) is 23.2. The van der Waals surface area contributed by atoms with E-state index in [9.17, 15) is 5.11 Å². The highest BCUT2D eigenvalue weighted by Gasteiger charge is 2.35. The largest absolute Gasteiger partial charge is 0.388 e. The Bertz CT molecular complexity index is 860. The standard InChI is InChI=1S/C19H23N5O2/c1-23-14-20-21-18(23)11-19(25)8-5-9-24(13-19)12-16-10-17(22-26-16)15-6-3-2-4-7-15/h2-4,6-7,10,14,25H,5,8-9,11-13H2,1H3. The fourth-order valence-electron chi connectivity index (χ4n) is 3.60. The molecule has 0 spiro atoms. The molecule has 7 heteroatoms. The SMILES string of the molecule is Cn1cnnc1CC1(O)CCCN(Cc2cc(-c3ccccc3)no2)C1. The number of rotatable bonds is 5. The van der Waals surface area contributed by atoms with Gasteiger partial charge in [-0.2, -0.15) is 0 Å². The van der Waals surface area contributed by atoms with Crippen molar-refractivity contribution in [2.45, 2.75) is 31.4 Å². The summed E-state index contributed by atoms with van der Waals surface area (Å²) in [6.45, 7) is 2.16. The lowest BCUT2D eigenvalue weighted by atomic mass is 9.89. The summed E-state index contributed by atoms with van der Waals surface area (Å²) < 4.78 is 7.38. The third-order valence-electron chi connectivity index (χ3n) is 4.93. The van der Waals surface area contributed by atoms with Gasteiger partial charge in [0.1, 0.15) is 17.8 Å². The maximum Gasteiger partial charge on any atom is 0.151 e. The Morgan fingerprint density at radius 2 is 2.12 bits per heavy atom. The fourth-order valence-corrected chi connectivity index (χ4v) is 3.60. The van der Waals surface area contributed by atoms with Crippen molar-refractivity contribution in [2.75, 3.05) is 13.1 Å². The molecule has 1 saturated heterocycles. The molecule has 0 amide bonds. The smallest absolute Gasteiger partial charge is 0.151 e. The second-order valence-corrected chi connectivity index (χ2v) is 7.12. The normalized spacial score (nSPS) is 21.2. The third kappa shape index (κ3) is 3.68. The van der Waals surface area contributed by atoms with Crippen LogP contribution >= 0.6 is 0 Å². The fraction of sp³-hybridized carbons (Fsp3) is 0.421. The summed E-state index contributed by atoms with van der Waals surface area (Å²) in [5.74, 6) is 1.62. The first kappa shape index (κ1) is 16.9. The van der Waals surface area contributed by atoms with Crippen molar-refractivity contribution < 1.29 is 9.63 Å². The first-order chi connectivity index (χ1) is 12.6. The number of aromatic nitrogens is 4. The van der Waals surface area contributed by atoms with E-state index < -0.39 is 5.60 Å². The first-order valence-electron chi connectivity index (χ1n) is 8.90. The van der Waals surface area contributed by atoms with Crippen molar-refractivity contribution >= 4 is 0 Å². The summed E-state index contributed by atoms with van der Waals surface area (Å²) in [6, 6.07) is 12.0. The van der Waals surface area contributed by atoms with Crippen LogP contribution in [0.5, 0.6) is 0 Å². The van der Waals surface area contributed by atoms with Gasteiger partial charge in [-0.05, 0) is 19.4 Å². The molecule has 3 aromatic rings. The minimum Gasteiger partial charge on any atom is -0.388 e. The number of β-amino-alcohol motifs (C(OH)–C–C–N with tert-alkyl or cyclic N) is 1. The summed E-state index contributed by atoms with van der Waals surface area (Å²) in [5.41, 5.74) is 1.09.